The molecule has 1 aliphatic rings. The maximum Gasteiger partial charge on any atom is 0.267 e. The lowest BCUT2D eigenvalue weighted by atomic mass is 10.1. The van der Waals surface area contributed by atoms with E-state index in [-0.39, 0.29) is 19.0 Å². The predicted octanol–water partition coefficient (Wildman–Crippen LogP) is 2.42. The molecule has 0 aliphatic carbocycles. The van der Waals surface area contributed by atoms with Crippen molar-refractivity contribution in [2.75, 3.05) is 12.1 Å². The number of hydrogen-bond acceptors (Lipinski definition) is 5. The number of carbonyl (C=O) groups is 1. The highest BCUT2D eigenvalue weighted by molar-refractivity contribution is 5.90. The average Bonchev–Trinajstić information content (AvgIpc) is 3.13. The van der Waals surface area contributed by atoms with Gasteiger partial charge in [-0.15, -0.1) is 0 Å². The van der Waals surface area contributed by atoms with E-state index in [1.165, 1.54) is 24.3 Å². The first-order valence-corrected chi connectivity index (χ1v) is 8.13. The van der Waals surface area contributed by atoms with Crippen molar-refractivity contribution in [3.8, 4) is 22.8 Å². The summed E-state index contributed by atoms with van der Waals surface area (Å²) in [6.07, 6.45) is 0. The van der Waals surface area contributed by atoms with Crippen LogP contribution in [0.25, 0.3) is 11.3 Å². The lowest BCUT2D eigenvalue weighted by Gasteiger charge is -2.09. The highest BCUT2D eigenvalue weighted by atomic mass is 19.1. The molecule has 4 rings (SSSR count). The number of hydrogen-bond donors (Lipinski definition) is 1. The molecule has 27 heavy (non-hydrogen) atoms. The molecule has 0 spiro atoms. The zero-order valence-corrected chi connectivity index (χ0v) is 14.0. The Hall–Kier alpha value is -3.68. The van der Waals surface area contributed by atoms with Gasteiger partial charge >= 0.3 is 0 Å². The monoisotopic (exact) mass is 367 g/mol. The summed E-state index contributed by atoms with van der Waals surface area (Å²) in [6, 6.07) is 14.0. The summed E-state index contributed by atoms with van der Waals surface area (Å²) in [7, 11) is 0. The van der Waals surface area contributed by atoms with Crippen LogP contribution in [0.15, 0.2) is 59.4 Å². The van der Waals surface area contributed by atoms with E-state index in [4.69, 9.17) is 9.47 Å². The number of amides is 1. The highest BCUT2D eigenvalue weighted by Gasteiger charge is 2.15. The molecule has 136 valence electrons. The Kier molecular flexibility index (Phi) is 4.29. The average molecular weight is 367 g/mol. The van der Waals surface area contributed by atoms with Crippen LogP contribution in [-0.2, 0) is 11.3 Å². The second kappa shape index (κ2) is 6.91. The third kappa shape index (κ3) is 3.50. The van der Waals surface area contributed by atoms with Gasteiger partial charge in [-0.3, -0.25) is 9.59 Å². The Morgan fingerprint density at radius 1 is 1.11 bits per heavy atom. The summed E-state index contributed by atoms with van der Waals surface area (Å²) in [5.74, 6) is 0.110. The minimum absolute atomic E-state index is 0.0440. The smallest absolute Gasteiger partial charge is 0.267 e. The first kappa shape index (κ1) is 16.8. The maximum atomic E-state index is 13.6. The predicted molar refractivity (Wildman–Crippen MR) is 95.1 cm³/mol. The Balaban J connectivity index is 1.57. The molecule has 1 N–H and O–H groups in total. The quantitative estimate of drug-likeness (QED) is 0.766. The number of rotatable bonds is 4. The Labute approximate surface area is 153 Å². The molecule has 3 aromatic rings. The Morgan fingerprint density at radius 3 is 2.78 bits per heavy atom. The molecule has 0 unspecified atom stereocenters. The van der Waals surface area contributed by atoms with Crippen LogP contribution in [-0.4, -0.2) is 22.5 Å². The standard InChI is InChI=1S/C19H14FN3O4/c20-13-3-1-2-4-15(13)21-18(24)10-23-19(25)8-6-14(22-23)12-5-7-16-17(9-12)27-11-26-16/h1-9H,10-11H2,(H,21,24). The molecule has 2 heterocycles. The van der Waals surface area contributed by atoms with E-state index < -0.39 is 17.3 Å². The van der Waals surface area contributed by atoms with Crippen molar-refractivity contribution in [1.82, 2.24) is 9.78 Å². The summed E-state index contributed by atoms with van der Waals surface area (Å²) in [5, 5.41) is 6.65. The third-order valence-corrected chi connectivity index (χ3v) is 3.98. The van der Waals surface area contributed by atoms with E-state index in [9.17, 15) is 14.0 Å². The van der Waals surface area contributed by atoms with Crippen molar-refractivity contribution >= 4 is 11.6 Å². The van der Waals surface area contributed by atoms with Crippen LogP contribution in [0.4, 0.5) is 10.1 Å². The van der Waals surface area contributed by atoms with Crippen molar-refractivity contribution in [2.24, 2.45) is 0 Å². The van der Waals surface area contributed by atoms with E-state index in [0.29, 0.717) is 22.8 Å². The molecule has 0 atom stereocenters. The third-order valence-electron chi connectivity index (χ3n) is 3.98. The van der Waals surface area contributed by atoms with Crippen molar-refractivity contribution in [1.29, 1.82) is 0 Å². The number of carbonyl (C=O) groups excluding carboxylic acids is 1. The fraction of sp³-hybridized carbons (Fsp3) is 0.105. The van der Waals surface area contributed by atoms with Gasteiger partial charge in [0.2, 0.25) is 12.7 Å². The fourth-order valence-electron chi connectivity index (χ4n) is 2.66. The fourth-order valence-corrected chi connectivity index (χ4v) is 2.66. The van der Waals surface area contributed by atoms with Gasteiger partial charge in [-0.2, -0.15) is 5.10 Å². The molecule has 0 radical (unpaired) electrons. The second-order valence-corrected chi connectivity index (χ2v) is 5.81. The molecule has 0 fully saturated rings. The first-order chi connectivity index (χ1) is 13.1. The number of aromatic nitrogens is 2. The minimum Gasteiger partial charge on any atom is -0.454 e. The normalized spacial score (nSPS) is 12.0. The Morgan fingerprint density at radius 2 is 1.93 bits per heavy atom. The van der Waals surface area contributed by atoms with Gasteiger partial charge in [-0.05, 0) is 36.4 Å². The molecular weight excluding hydrogens is 353 g/mol. The summed E-state index contributed by atoms with van der Waals surface area (Å²) >= 11 is 0. The van der Waals surface area contributed by atoms with Crippen LogP contribution >= 0.6 is 0 Å². The second-order valence-electron chi connectivity index (χ2n) is 5.81. The zero-order valence-electron chi connectivity index (χ0n) is 14.0. The minimum atomic E-state index is -0.558. The van der Waals surface area contributed by atoms with Gasteiger partial charge in [0.05, 0.1) is 11.4 Å². The number of benzene rings is 2. The van der Waals surface area contributed by atoms with Crippen LogP contribution in [0, 0.1) is 5.82 Å². The summed E-state index contributed by atoms with van der Waals surface area (Å²) in [4.78, 5) is 24.2. The lowest BCUT2D eigenvalue weighted by Crippen LogP contribution is -2.29. The number of fused-ring (bicyclic) bond motifs is 1. The van der Waals surface area contributed by atoms with Crippen LogP contribution in [0.2, 0.25) is 0 Å². The van der Waals surface area contributed by atoms with Gasteiger partial charge in [0.1, 0.15) is 12.4 Å². The van der Waals surface area contributed by atoms with E-state index in [1.807, 2.05) is 0 Å². The zero-order chi connectivity index (χ0) is 18.8. The van der Waals surface area contributed by atoms with E-state index >= 15 is 0 Å². The Bertz CT molecular complexity index is 1080. The molecule has 1 aliphatic heterocycles. The van der Waals surface area contributed by atoms with E-state index in [1.54, 1.807) is 30.3 Å². The number of halogens is 1. The van der Waals surface area contributed by atoms with Crippen molar-refractivity contribution in [2.45, 2.75) is 6.54 Å². The highest BCUT2D eigenvalue weighted by Crippen LogP contribution is 2.35. The molecule has 0 saturated carbocycles. The largest absolute Gasteiger partial charge is 0.454 e. The molecule has 0 bridgehead atoms. The van der Waals surface area contributed by atoms with Gasteiger partial charge in [-0.1, -0.05) is 12.1 Å². The van der Waals surface area contributed by atoms with Gasteiger partial charge in [-0.25, -0.2) is 9.07 Å². The van der Waals surface area contributed by atoms with E-state index in [0.717, 1.165) is 4.68 Å². The van der Waals surface area contributed by atoms with Gasteiger partial charge < -0.3 is 14.8 Å². The summed E-state index contributed by atoms with van der Waals surface area (Å²) < 4.78 is 25.3. The SMILES string of the molecule is O=C(Cn1nc(-c2ccc3c(c2)OCO3)ccc1=O)Nc1ccccc1F. The number of nitrogens with zero attached hydrogens (tertiary/aromatic N) is 2. The van der Waals surface area contributed by atoms with E-state index in [2.05, 4.69) is 10.4 Å². The van der Waals surface area contributed by atoms with Crippen LogP contribution in [0.1, 0.15) is 0 Å². The first-order valence-electron chi connectivity index (χ1n) is 8.13. The molecule has 8 heteroatoms. The molecule has 7 nitrogen and oxygen atoms in total. The van der Waals surface area contributed by atoms with Crippen LogP contribution in [0.5, 0.6) is 11.5 Å². The molecule has 2 aromatic carbocycles. The molecule has 1 amide bonds. The topological polar surface area (TPSA) is 82.5 Å². The van der Waals surface area contributed by atoms with Gasteiger partial charge in [0, 0.05) is 11.6 Å². The number of anilines is 1. The van der Waals surface area contributed by atoms with Gasteiger partial charge in [0.15, 0.2) is 11.5 Å². The van der Waals surface area contributed by atoms with Crippen molar-refractivity contribution < 1.29 is 18.7 Å². The number of nitrogens with one attached hydrogen (secondary N) is 1. The van der Waals surface area contributed by atoms with Crippen molar-refractivity contribution in [3.05, 3.63) is 70.8 Å². The summed E-state index contributed by atoms with van der Waals surface area (Å²) in [5.41, 5.74) is 0.805. The number of ether oxygens (including phenoxy) is 2. The maximum absolute atomic E-state index is 13.6. The summed E-state index contributed by atoms with van der Waals surface area (Å²) in [6.45, 7) is -0.187. The molecule has 1 aromatic heterocycles. The molecule has 0 saturated heterocycles. The molecular formula is C19H14FN3O4. The lowest BCUT2D eigenvalue weighted by molar-refractivity contribution is -0.117. The number of para-hydroxylation sites is 1. The van der Waals surface area contributed by atoms with Crippen LogP contribution < -0.4 is 20.3 Å². The van der Waals surface area contributed by atoms with Crippen LogP contribution in [0.3, 0.4) is 0 Å². The van der Waals surface area contributed by atoms with Crippen molar-refractivity contribution in [3.63, 3.8) is 0 Å². The van der Waals surface area contributed by atoms with Gasteiger partial charge in [0.25, 0.3) is 5.56 Å².